The fourth-order valence-corrected chi connectivity index (χ4v) is 0.513. The van der Waals surface area contributed by atoms with E-state index < -0.39 is 11.8 Å². The normalized spacial score (nSPS) is 10.0. The number of Topliss-reactive ketones (excluding diaryl/α,β-unsaturated/α-hetero) is 1. The zero-order valence-corrected chi connectivity index (χ0v) is 7.62. The summed E-state index contributed by atoms with van der Waals surface area (Å²) in [5.74, 6) is -1.45. The first-order valence-corrected chi connectivity index (χ1v) is 3.89. The number of rotatable bonds is 5. The van der Waals surface area contributed by atoms with Crippen molar-refractivity contribution in [2.75, 3.05) is 13.2 Å². The van der Waals surface area contributed by atoms with Crippen LogP contribution >= 0.6 is 0 Å². The molecule has 0 rings (SSSR count). The summed E-state index contributed by atoms with van der Waals surface area (Å²) >= 11 is 0. The molecular formula is C8H14O4. The topological polar surface area (TPSA) is 52.6 Å². The van der Waals surface area contributed by atoms with Gasteiger partial charge < -0.3 is 9.47 Å². The third-order valence-electron chi connectivity index (χ3n) is 1.05. The maximum atomic E-state index is 10.8. The smallest absolute Gasteiger partial charge is 0.377 e. The number of carbonyl (C=O) groups is 2. The molecule has 0 aromatic carbocycles. The third kappa shape index (κ3) is 4.85. The Bertz CT molecular complexity index is 162. The Kier molecular flexibility index (Phi) is 5.28. The van der Waals surface area contributed by atoms with E-state index in [2.05, 4.69) is 4.74 Å². The van der Waals surface area contributed by atoms with Crippen LogP contribution in [0.25, 0.3) is 0 Å². The van der Waals surface area contributed by atoms with Gasteiger partial charge in [0.05, 0.1) is 12.7 Å². The maximum absolute atomic E-state index is 10.8. The van der Waals surface area contributed by atoms with Crippen LogP contribution in [0.15, 0.2) is 0 Å². The van der Waals surface area contributed by atoms with Gasteiger partial charge in [0.1, 0.15) is 6.61 Å². The molecule has 0 aromatic heterocycles. The Labute approximate surface area is 71.8 Å². The van der Waals surface area contributed by atoms with Gasteiger partial charge in [0.15, 0.2) is 0 Å². The first kappa shape index (κ1) is 11.1. The van der Waals surface area contributed by atoms with Crippen molar-refractivity contribution in [2.24, 2.45) is 0 Å². The van der Waals surface area contributed by atoms with Crippen LogP contribution in [0.1, 0.15) is 20.8 Å². The van der Waals surface area contributed by atoms with Gasteiger partial charge in [0.2, 0.25) is 0 Å². The fourth-order valence-electron chi connectivity index (χ4n) is 0.513. The van der Waals surface area contributed by atoms with Crippen molar-refractivity contribution < 1.29 is 19.1 Å². The lowest BCUT2D eigenvalue weighted by atomic mass is 10.4. The monoisotopic (exact) mass is 174 g/mol. The molecule has 0 aliphatic heterocycles. The van der Waals surface area contributed by atoms with Gasteiger partial charge in [0, 0.05) is 0 Å². The molecule has 70 valence electrons. The summed E-state index contributed by atoms with van der Waals surface area (Å²) in [5.41, 5.74) is 0. The van der Waals surface area contributed by atoms with Crippen molar-refractivity contribution in [2.45, 2.75) is 26.9 Å². The Balaban J connectivity index is 3.65. The van der Waals surface area contributed by atoms with E-state index in [1.807, 2.05) is 0 Å². The van der Waals surface area contributed by atoms with E-state index in [1.165, 1.54) is 0 Å². The number of esters is 1. The highest BCUT2D eigenvalue weighted by Crippen LogP contribution is 1.89. The van der Waals surface area contributed by atoms with Crippen LogP contribution in [0.4, 0.5) is 0 Å². The molecule has 0 aromatic rings. The third-order valence-corrected chi connectivity index (χ3v) is 1.05. The molecule has 0 unspecified atom stereocenters. The molecule has 0 N–H and O–H groups in total. The molecule has 0 heterocycles. The molecule has 0 atom stereocenters. The molecule has 4 nitrogen and oxygen atoms in total. The highest BCUT2D eigenvalue weighted by Gasteiger charge is 2.14. The summed E-state index contributed by atoms with van der Waals surface area (Å²) < 4.78 is 9.39. The lowest BCUT2D eigenvalue weighted by molar-refractivity contribution is -0.156. The van der Waals surface area contributed by atoms with Crippen LogP contribution in [0.2, 0.25) is 0 Å². The number of hydrogen-bond acceptors (Lipinski definition) is 4. The van der Waals surface area contributed by atoms with Crippen molar-refractivity contribution >= 4 is 11.8 Å². The lowest BCUT2D eigenvalue weighted by Crippen LogP contribution is -2.23. The molecule has 0 aliphatic carbocycles. The van der Waals surface area contributed by atoms with E-state index in [1.54, 1.807) is 20.8 Å². The molecule has 0 saturated carbocycles. The maximum Gasteiger partial charge on any atom is 0.377 e. The van der Waals surface area contributed by atoms with Crippen LogP contribution in [-0.2, 0) is 19.1 Å². The zero-order chi connectivity index (χ0) is 9.56. The first-order valence-electron chi connectivity index (χ1n) is 3.89. The van der Waals surface area contributed by atoms with E-state index in [4.69, 9.17) is 4.74 Å². The van der Waals surface area contributed by atoms with Crippen LogP contribution in [0, 0.1) is 0 Å². The van der Waals surface area contributed by atoms with Crippen molar-refractivity contribution in [3.05, 3.63) is 0 Å². The molecule has 0 aliphatic rings. The second kappa shape index (κ2) is 5.71. The molecule has 0 fully saturated rings. The Morgan fingerprint density at radius 1 is 1.33 bits per heavy atom. The van der Waals surface area contributed by atoms with Crippen LogP contribution in [0.5, 0.6) is 0 Å². The van der Waals surface area contributed by atoms with Crippen LogP contribution in [-0.4, -0.2) is 31.1 Å². The van der Waals surface area contributed by atoms with Crippen molar-refractivity contribution in [1.29, 1.82) is 0 Å². The van der Waals surface area contributed by atoms with Gasteiger partial charge in [-0.1, -0.05) is 0 Å². The zero-order valence-electron chi connectivity index (χ0n) is 7.62. The summed E-state index contributed by atoms with van der Waals surface area (Å²) in [6, 6.07) is 0. The van der Waals surface area contributed by atoms with Crippen LogP contribution in [0.3, 0.4) is 0 Å². The molecule has 12 heavy (non-hydrogen) atoms. The van der Waals surface area contributed by atoms with Gasteiger partial charge in [-0.25, -0.2) is 4.79 Å². The van der Waals surface area contributed by atoms with E-state index >= 15 is 0 Å². The van der Waals surface area contributed by atoms with E-state index in [0.29, 0.717) is 0 Å². The van der Waals surface area contributed by atoms with E-state index in [9.17, 15) is 9.59 Å². The van der Waals surface area contributed by atoms with Crippen LogP contribution < -0.4 is 0 Å². The molecule has 0 radical (unpaired) electrons. The number of hydrogen-bond donors (Lipinski definition) is 0. The predicted molar refractivity (Wildman–Crippen MR) is 42.7 cm³/mol. The minimum absolute atomic E-state index is 0.0524. The van der Waals surface area contributed by atoms with E-state index in [-0.39, 0.29) is 19.3 Å². The molecule has 0 spiro atoms. The van der Waals surface area contributed by atoms with Gasteiger partial charge >= 0.3 is 5.97 Å². The average molecular weight is 174 g/mol. The lowest BCUT2D eigenvalue weighted by Gasteiger charge is -2.05. The molecule has 4 heteroatoms. The standard InChI is InChI=1S/C8H14O4/c1-4-11-8(10)7(9)5-12-6(2)3/h6H,4-5H2,1-3H3. The van der Waals surface area contributed by atoms with Gasteiger partial charge in [-0.05, 0) is 20.8 Å². The van der Waals surface area contributed by atoms with Crippen molar-refractivity contribution in [3.63, 3.8) is 0 Å². The summed E-state index contributed by atoms with van der Waals surface area (Å²) in [4.78, 5) is 21.5. The summed E-state index contributed by atoms with van der Waals surface area (Å²) in [6.45, 7) is 5.24. The SMILES string of the molecule is CCOC(=O)C(=O)COC(C)C. The van der Waals surface area contributed by atoms with Gasteiger partial charge in [-0.15, -0.1) is 0 Å². The summed E-state index contributed by atoms with van der Waals surface area (Å²) in [6.07, 6.45) is -0.0524. The summed E-state index contributed by atoms with van der Waals surface area (Å²) in [5, 5.41) is 0. The molecule has 0 bridgehead atoms. The fraction of sp³-hybridized carbons (Fsp3) is 0.750. The number of ether oxygens (including phenoxy) is 2. The molecule has 0 saturated heterocycles. The van der Waals surface area contributed by atoms with Crippen molar-refractivity contribution in [3.8, 4) is 0 Å². The highest BCUT2D eigenvalue weighted by molar-refractivity contribution is 6.34. The molecular weight excluding hydrogens is 160 g/mol. The Hall–Kier alpha value is -0.900. The second-order valence-corrected chi connectivity index (χ2v) is 2.50. The minimum Gasteiger partial charge on any atom is -0.460 e. The highest BCUT2D eigenvalue weighted by atomic mass is 16.5. The first-order chi connectivity index (χ1) is 5.57. The Morgan fingerprint density at radius 2 is 1.92 bits per heavy atom. The largest absolute Gasteiger partial charge is 0.460 e. The quantitative estimate of drug-likeness (QED) is 0.451. The average Bonchev–Trinajstić information content (AvgIpc) is 2.00. The van der Waals surface area contributed by atoms with Gasteiger partial charge in [-0.2, -0.15) is 0 Å². The number of ketones is 1. The minimum atomic E-state index is -0.821. The number of carbonyl (C=O) groups excluding carboxylic acids is 2. The molecule has 0 amide bonds. The Morgan fingerprint density at radius 3 is 2.33 bits per heavy atom. The van der Waals surface area contributed by atoms with E-state index in [0.717, 1.165) is 0 Å². The summed E-state index contributed by atoms with van der Waals surface area (Å²) in [7, 11) is 0. The van der Waals surface area contributed by atoms with Gasteiger partial charge in [0.25, 0.3) is 5.78 Å². The van der Waals surface area contributed by atoms with Crippen molar-refractivity contribution in [1.82, 2.24) is 0 Å². The van der Waals surface area contributed by atoms with Gasteiger partial charge in [-0.3, -0.25) is 4.79 Å². The predicted octanol–water partition coefficient (Wildman–Crippen LogP) is 0.544. The second-order valence-electron chi connectivity index (χ2n) is 2.50.